The zero-order valence-corrected chi connectivity index (χ0v) is 27.8. The number of hydrogen-bond acceptors (Lipinski definition) is 3. The minimum absolute atomic E-state index is 0.265. The molecular weight excluding hydrogens is 615 g/mol. The molecule has 0 spiro atoms. The van der Waals surface area contributed by atoms with E-state index in [1.54, 1.807) is 0 Å². The van der Waals surface area contributed by atoms with Gasteiger partial charge in [0.05, 0.1) is 22.4 Å². The summed E-state index contributed by atoms with van der Waals surface area (Å²) in [6.07, 6.45) is 0. The van der Waals surface area contributed by atoms with Crippen LogP contribution in [0.3, 0.4) is 0 Å². The fraction of sp³-hybridized carbons (Fsp3) is 0.0667. The van der Waals surface area contributed by atoms with Crippen LogP contribution >= 0.6 is 11.3 Å². The minimum Gasteiger partial charge on any atom is -0.277 e. The molecule has 0 radical (unpaired) electrons. The number of hydrogen-bond donors (Lipinski definition) is 0. The maximum atomic E-state index is 5.64. The number of rotatable bonds is 2. The van der Waals surface area contributed by atoms with E-state index in [2.05, 4.69) is 158 Å². The lowest BCUT2D eigenvalue weighted by atomic mass is 9.81. The Kier molecular flexibility index (Phi) is 5.33. The first-order valence-electron chi connectivity index (χ1n) is 16.8. The van der Waals surface area contributed by atoms with Crippen LogP contribution < -0.4 is 0 Å². The summed E-state index contributed by atoms with van der Waals surface area (Å²) in [5.41, 5.74) is 8.79. The van der Waals surface area contributed by atoms with Gasteiger partial charge in [-0.15, -0.1) is 11.3 Å². The highest BCUT2D eigenvalue weighted by atomic mass is 32.1. The van der Waals surface area contributed by atoms with Gasteiger partial charge in [-0.1, -0.05) is 129 Å². The van der Waals surface area contributed by atoms with Gasteiger partial charge >= 0.3 is 0 Å². The van der Waals surface area contributed by atoms with Gasteiger partial charge < -0.3 is 0 Å². The molecule has 0 saturated heterocycles. The molecule has 0 atom stereocenters. The summed E-state index contributed by atoms with van der Waals surface area (Å²) in [7, 11) is 0. The molecule has 3 aromatic heterocycles. The third-order valence-electron chi connectivity index (χ3n) is 10.7. The Morgan fingerprint density at radius 3 is 2.08 bits per heavy atom. The van der Waals surface area contributed by atoms with Crippen molar-refractivity contribution in [2.24, 2.45) is 0 Å². The second kappa shape index (κ2) is 9.62. The molecular formula is C45H29N3S. The highest BCUT2D eigenvalue weighted by Gasteiger charge is 2.40. The van der Waals surface area contributed by atoms with Crippen LogP contribution in [-0.4, -0.2) is 14.5 Å². The predicted octanol–water partition coefficient (Wildman–Crippen LogP) is 12.2. The summed E-state index contributed by atoms with van der Waals surface area (Å²) in [6, 6.07) is 50.8. The molecule has 49 heavy (non-hydrogen) atoms. The second-order valence-corrected chi connectivity index (χ2v) is 14.9. The van der Waals surface area contributed by atoms with Crippen molar-refractivity contribution in [2.75, 3.05) is 0 Å². The molecule has 230 valence electrons. The first kappa shape index (κ1) is 27.1. The molecule has 1 aliphatic rings. The molecule has 0 bridgehead atoms. The van der Waals surface area contributed by atoms with Crippen molar-refractivity contribution in [1.82, 2.24) is 14.5 Å². The lowest BCUT2D eigenvalue weighted by molar-refractivity contribution is 0.657. The number of fused-ring (bicyclic) bond motifs is 12. The van der Waals surface area contributed by atoms with Crippen LogP contribution in [0.1, 0.15) is 25.0 Å². The summed E-state index contributed by atoms with van der Waals surface area (Å²) < 4.78 is 4.91. The summed E-state index contributed by atoms with van der Waals surface area (Å²) in [5, 5.41) is 9.83. The van der Waals surface area contributed by atoms with Crippen molar-refractivity contribution >= 4 is 74.9 Å². The molecule has 4 heteroatoms. The number of aromatic nitrogens is 3. The molecule has 0 amide bonds. The van der Waals surface area contributed by atoms with Gasteiger partial charge in [0.2, 0.25) is 5.95 Å². The van der Waals surface area contributed by atoms with Crippen molar-refractivity contribution in [3.05, 3.63) is 151 Å². The molecule has 3 nitrogen and oxygen atoms in total. The van der Waals surface area contributed by atoms with Gasteiger partial charge in [-0.2, -0.15) is 0 Å². The first-order chi connectivity index (χ1) is 24.0. The third kappa shape index (κ3) is 3.67. The standard InChI is InChI=1S/C45H29N3S/c1-45(2)36-17-9-7-16-34(36)42-40(45)41(29-20-21-32-31-15-8-10-18-38(31)49-39(32)25-29)46-44(47-42)48-37-24-28-13-4-3-12-27(28)23-35(37)33-22-19-26-11-5-6-14-30(26)43(33)48/h3-25H,1-2H3. The van der Waals surface area contributed by atoms with E-state index >= 15 is 0 Å². The quantitative estimate of drug-likeness (QED) is 0.188. The van der Waals surface area contributed by atoms with Crippen LogP contribution in [0.5, 0.6) is 0 Å². The lowest BCUT2D eigenvalue weighted by Gasteiger charge is -2.24. The number of benzene rings is 7. The van der Waals surface area contributed by atoms with Crippen molar-refractivity contribution in [1.29, 1.82) is 0 Å². The van der Waals surface area contributed by atoms with Crippen LogP contribution in [0.4, 0.5) is 0 Å². The molecule has 0 N–H and O–H groups in total. The highest BCUT2D eigenvalue weighted by molar-refractivity contribution is 7.25. The van der Waals surface area contributed by atoms with Crippen molar-refractivity contribution < 1.29 is 0 Å². The van der Waals surface area contributed by atoms with Gasteiger partial charge in [-0.25, -0.2) is 9.97 Å². The van der Waals surface area contributed by atoms with E-state index in [4.69, 9.17) is 9.97 Å². The normalized spacial score (nSPS) is 13.7. The minimum atomic E-state index is -0.265. The van der Waals surface area contributed by atoms with E-state index in [1.165, 1.54) is 69.2 Å². The molecule has 0 fully saturated rings. The fourth-order valence-corrected chi connectivity index (χ4v) is 9.60. The zero-order chi connectivity index (χ0) is 32.4. The van der Waals surface area contributed by atoms with Gasteiger partial charge in [-0.3, -0.25) is 4.57 Å². The number of nitrogens with zero attached hydrogens (tertiary/aromatic N) is 3. The van der Waals surface area contributed by atoms with Gasteiger partial charge in [0.1, 0.15) is 0 Å². The Labute approximate surface area is 286 Å². The van der Waals surface area contributed by atoms with Crippen LogP contribution in [0.25, 0.3) is 92.0 Å². The molecule has 1 aliphatic carbocycles. The average Bonchev–Trinajstić information content (AvgIpc) is 3.75. The van der Waals surface area contributed by atoms with Gasteiger partial charge in [-0.05, 0) is 46.0 Å². The molecule has 0 unspecified atom stereocenters. The summed E-state index contributed by atoms with van der Waals surface area (Å²) in [5.74, 6) is 0.698. The van der Waals surface area contributed by atoms with E-state index in [9.17, 15) is 0 Å². The van der Waals surface area contributed by atoms with Crippen molar-refractivity contribution in [3.8, 4) is 28.5 Å². The summed E-state index contributed by atoms with van der Waals surface area (Å²) in [6.45, 7) is 4.64. The van der Waals surface area contributed by atoms with Gasteiger partial charge in [0.25, 0.3) is 0 Å². The molecule has 11 rings (SSSR count). The average molecular weight is 644 g/mol. The number of thiophene rings is 1. The molecule has 0 saturated carbocycles. The van der Waals surface area contributed by atoms with Crippen LogP contribution in [0.15, 0.2) is 140 Å². The van der Waals surface area contributed by atoms with E-state index < -0.39 is 0 Å². The summed E-state index contributed by atoms with van der Waals surface area (Å²) >= 11 is 1.85. The van der Waals surface area contributed by atoms with Gasteiger partial charge in [0.15, 0.2) is 0 Å². The lowest BCUT2D eigenvalue weighted by Crippen LogP contribution is -2.18. The Morgan fingerprint density at radius 2 is 1.20 bits per heavy atom. The zero-order valence-electron chi connectivity index (χ0n) is 27.0. The van der Waals surface area contributed by atoms with E-state index in [1.807, 2.05) is 11.3 Å². The Balaban J connectivity index is 1.30. The molecule has 10 aromatic rings. The maximum Gasteiger partial charge on any atom is 0.235 e. The predicted molar refractivity (Wildman–Crippen MR) is 207 cm³/mol. The topological polar surface area (TPSA) is 30.7 Å². The molecule has 3 heterocycles. The Morgan fingerprint density at radius 1 is 0.531 bits per heavy atom. The van der Waals surface area contributed by atoms with Crippen LogP contribution in [0, 0.1) is 0 Å². The van der Waals surface area contributed by atoms with E-state index in [-0.39, 0.29) is 5.41 Å². The SMILES string of the molecule is CC1(C)c2ccccc2-c2nc(-n3c4cc5ccccc5cc4c4ccc5ccccc5c43)nc(-c3ccc4c(c3)sc3ccccc34)c21. The van der Waals surface area contributed by atoms with Crippen molar-refractivity contribution in [2.45, 2.75) is 19.3 Å². The van der Waals surface area contributed by atoms with Crippen molar-refractivity contribution in [3.63, 3.8) is 0 Å². The van der Waals surface area contributed by atoms with E-state index in [0.29, 0.717) is 5.95 Å². The van der Waals surface area contributed by atoms with Crippen LogP contribution in [0.2, 0.25) is 0 Å². The summed E-state index contributed by atoms with van der Waals surface area (Å²) in [4.78, 5) is 11.2. The van der Waals surface area contributed by atoms with E-state index in [0.717, 1.165) is 28.0 Å². The largest absolute Gasteiger partial charge is 0.277 e. The Bertz CT molecular complexity index is 3030. The second-order valence-electron chi connectivity index (χ2n) is 13.8. The third-order valence-corrected chi connectivity index (χ3v) is 11.9. The highest BCUT2D eigenvalue weighted by Crippen LogP contribution is 2.52. The van der Waals surface area contributed by atoms with Gasteiger partial charge in [0, 0.05) is 58.4 Å². The molecule has 0 aliphatic heterocycles. The maximum absolute atomic E-state index is 5.64. The first-order valence-corrected chi connectivity index (χ1v) is 17.7. The fourth-order valence-electron chi connectivity index (χ4n) is 8.46. The van der Waals surface area contributed by atoms with Crippen LogP contribution in [-0.2, 0) is 5.41 Å². The smallest absolute Gasteiger partial charge is 0.235 e. The Hall–Kier alpha value is -5.84. The molecule has 7 aromatic carbocycles. The monoisotopic (exact) mass is 643 g/mol.